The van der Waals surface area contributed by atoms with Crippen LogP contribution in [0.4, 0.5) is 26.3 Å². The summed E-state index contributed by atoms with van der Waals surface area (Å²) in [5, 5.41) is 0. The van der Waals surface area contributed by atoms with Crippen molar-refractivity contribution in [1.82, 2.24) is 14.5 Å². The first-order chi connectivity index (χ1) is 17.0. The Labute approximate surface area is 202 Å². The molecule has 3 aromatic rings. The third-order valence-electron chi connectivity index (χ3n) is 5.98. The fourth-order valence-electron chi connectivity index (χ4n) is 4.21. The van der Waals surface area contributed by atoms with E-state index in [-0.39, 0.29) is 49.4 Å². The first-order valence-corrected chi connectivity index (χ1v) is 11.0. The second-order valence-corrected chi connectivity index (χ2v) is 8.45. The van der Waals surface area contributed by atoms with Crippen LogP contribution in [0.3, 0.4) is 0 Å². The Hall–Kier alpha value is -3.54. The molecule has 0 saturated carbocycles. The molecule has 2 N–H and O–H groups in total. The van der Waals surface area contributed by atoms with Crippen molar-refractivity contribution in [2.75, 3.05) is 13.7 Å². The smallest absolute Gasteiger partial charge is 0.449 e. The molecule has 0 fully saturated rings. The van der Waals surface area contributed by atoms with Crippen molar-refractivity contribution in [2.24, 2.45) is 5.73 Å². The number of nitrogens with two attached hydrogens (primary N) is 1. The zero-order chi connectivity index (χ0) is 26.2. The molecule has 1 aliphatic heterocycles. The molecule has 0 saturated heterocycles. The van der Waals surface area contributed by atoms with Gasteiger partial charge in [0.05, 0.1) is 25.0 Å². The van der Waals surface area contributed by atoms with Crippen LogP contribution in [-0.4, -0.2) is 40.1 Å². The van der Waals surface area contributed by atoms with E-state index in [9.17, 15) is 31.1 Å². The number of carbonyl (C=O) groups excluding carboxylic acids is 1. The van der Waals surface area contributed by atoms with Crippen molar-refractivity contribution in [3.05, 3.63) is 70.9 Å². The van der Waals surface area contributed by atoms with Crippen molar-refractivity contribution in [3.8, 4) is 17.0 Å². The molecular weight excluding hydrogens is 490 g/mol. The number of ether oxygens (including phenoxy) is 1. The molecule has 0 aliphatic carbocycles. The minimum Gasteiger partial charge on any atom is -0.497 e. The number of hydrogen-bond acceptors (Lipinski definition) is 4. The highest BCUT2D eigenvalue weighted by Crippen LogP contribution is 2.36. The van der Waals surface area contributed by atoms with Gasteiger partial charge in [0.2, 0.25) is 11.7 Å². The Bertz CT molecular complexity index is 1270. The third kappa shape index (κ3) is 5.18. The maximum atomic E-state index is 13.9. The number of methoxy groups -OCH3 is 1. The maximum Gasteiger partial charge on any atom is 0.449 e. The number of benzene rings is 2. The summed E-state index contributed by atoms with van der Waals surface area (Å²) in [5.74, 6) is -4.56. The number of alkyl halides is 3. The molecule has 192 valence electrons. The minimum absolute atomic E-state index is 0.0143. The normalized spacial score (nSPS) is 14.5. The van der Waals surface area contributed by atoms with E-state index in [1.54, 1.807) is 24.3 Å². The van der Waals surface area contributed by atoms with Gasteiger partial charge >= 0.3 is 6.18 Å². The molecule has 1 amide bonds. The Balaban J connectivity index is 1.54. The summed E-state index contributed by atoms with van der Waals surface area (Å²) >= 11 is 0. The molecule has 1 aromatic heterocycles. The van der Waals surface area contributed by atoms with Crippen molar-refractivity contribution in [2.45, 2.75) is 38.1 Å². The highest BCUT2D eigenvalue weighted by Gasteiger charge is 2.40. The van der Waals surface area contributed by atoms with Crippen LogP contribution < -0.4 is 10.5 Å². The fraction of sp³-hybridized carbons (Fsp3) is 0.333. The molecule has 0 bridgehead atoms. The van der Waals surface area contributed by atoms with E-state index in [4.69, 9.17) is 10.5 Å². The molecule has 1 atom stereocenters. The van der Waals surface area contributed by atoms with E-state index < -0.39 is 41.4 Å². The number of carbonyl (C=O) groups is 1. The second kappa shape index (κ2) is 9.84. The lowest BCUT2D eigenvalue weighted by atomic mass is 10.0. The number of halogens is 6. The standard InChI is InChI=1S/C24H22F6N4O2/c1-36-16-4-2-13(3-5-16)22-20-12-33(6-7-34(20)23(32-22)24(28,29)30)21(35)10-15(31)8-14-9-18(26)19(27)11-17(14)25/h2-5,9,11,15H,6-8,10,12,31H2,1H3. The van der Waals surface area contributed by atoms with Gasteiger partial charge in [-0.15, -0.1) is 0 Å². The molecule has 2 heterocycles. The van der Waals surface area contributed by atoms with Gasteiger partial charge in [0.15, 0.2) is 11.6 Å². The zero-order valence-corrected chi connectivity index (χ0v) is 19.1. The lowest BCUT2D eigenvalue weighted by molar-refractivity contribution is -0.148. The molecule has 0 spiro atoms. The van der Waals surface area contributed by atoms with Gasteiger partial charge in [-0.3, -0.25) is 4.79 Å². The molecule has 12 heteroatoms. The lowest BCUT2D eigenvalue weighted by Crippen LogP contribution is -2.42. The zero-order valence-electron chi connectivity index (χ0n) is 19.1. The number of aromatic nitrogens is 2. The van der Waals surface area contributed by atoms with Gasteiger partial charge in [-0.25, -0.2) is 18.2 Å². The fourth-order valence-corrected chi connectivity index (χ4v) is 4.21. The number of imidazole rings is 1. The maximum absolute atomic E-state index is 13.9. The van der Waals surface area contributed by atoms with Gasteiger partial charge < -0.3 is 19.9 Å². The van der Waals surface area contributed by atoms with Crippen molar-refractivity contribution >= 4 is 5.91 Å². The van der Waals surface area contributed by atoms with Crippen molar-refractivity contribution in [1.29, 1.82) is 0 Å². The van der Waals surface area contributed by atoms with Gasteiger partial charge in [-0.2, -0.15) is 13.2 Å². The number of amides is 1. The van der Waals surface area contributed by atoms with Gasteiger partial charge in [-0.05, 0) is 42.3 Å². The highest BCUT2D eigenvalue weighted by molar-refractivity contribution is 5.77. The van der Waals surface area contributed by atoms with Crippen LogP contribution in [0, 0.1) is 17.5 Å². The predicted octanol–water partition coefficient (Wildman–Crippen LogP) is 4.30. The SMILES string of the molecule is COc1ccc(-c2nc(C(F)(F)F)n3c2CN(C(=O)CC(N)Cc2cc(F)c(F)cc2F)CC3)cc1. The lowest BCUT2D eigenvalue weighted by Gasteiger charge is -2.30. The van der Waals surface area contributed by atoms with Crippen molar-refractivity contribution in [3.63, 3.8) is 0 Å². The van der Waals surface area contributed by atoms with Gasteiger partial charge in [0.25, 0.3) is 0 Å². The average Bonchev–Trinajstić information content (AvgIpc) is 3.22. The second-order valence-electron chi connectivity index (χ2n) is 8.45. The number of hydrogen-bond donors (Lipinski definition) is 1. The minimum atomic E-state index is -4.69. The van der Waals surface area contributed by atoms with Crippen LogP contribution in [0.15, 0.2) is 36.4 Å². The average molecular weight is 512 g/mol. The molecule has 0 radical (unpaired) electrons. The summed E-state index contributed by atoms with van der Waals surface area (Å²) in [6.45, 7) is -0.290. The Kier molecular flexibility index (Phi) is 6.98. The van der Waals surface area contributed by atoms with Crippen LogP contribution in [-0.2, 0) is 30.5 Å². The number of rotatable bonds is 6. The Morgan fingerprint density at radius 2 is 1.75 bits per heavy atom. The Morgan fingerprint density at radius 1 is 1.08 bits per heavy atom. The van der Waals surface area contributed by atoms with Crippen molar-refractivity contribution < 1.29 is 35.9 Å². The summed E-state index contributed by atoms with van der Waals surface area (Å²) in [5.41, 5.74) is 6.52. The van der Waals surface area contributed by atoms with Gasteiger partial charge in [0.1, 0.15) is 11.6 Å². The predicted molar refractivity (Wildman–Crippen MR) is 117 cm³/mol. The van der Waals surface area contributed by atoms with Gasteiger partial charge in [-0.1, -0.05) is 0 Å². The number of fused-ring (bicyclic) bond motifs is 1. The molecule has 2 aromatic carbocycles. The topological polar surface area (TPSA) is 73.4 Å². The number of nitrogens with zero attached hydrogens (tertiary/aromatic N) is 3. The van der Waals surface area contributed by atoms with E-state index in [2.05, 4.69) is 4.98 Å². The summed E-state index contributed by atoms with van der Waals surface area (Å²) in [6, 6.07) is 6.52. The summed E-state index contributed by atoms with van der Waals surface area (Å²) in [7, 11) is 1.46. The highest BCUT2D eigenvalue weighted by atomic mass is 19.4. The molecule has 36 heavy (non-hydrogen) atoms. The molecule has 1 aliphatic rings. The van der Waals surface area contributed by atoms with E-state index >= 15 is 0 Å². The molecule has 1 unspecified atom stereocenters. The first-order valence-electron chi connectivity index (χ1n) is 11.0. The van der Waals surface area contributed by atoms with Crippen LogP contribution in [0.1, 0.15) is 23.5 Å². The first kappa shape index (κ1) is 25.5. The summed E-state index contributed by atoms with van der Waals surface area (Å²) in [4.78, 5) is 18.1. The molecule has 4 rings (SSSR count). The van der Waals surface area contributed by atoms with Crippen LogP contribution in [0.25, 0.3) is 11.3 Å². The van der Waals surface area contributed by atoms with E-state index in [0.29, 0.717) is 23.4 Å². The van der Waals surface area contributed by atoms with Crippen LogP contribution in [0.5, 0.6) is 5.75 Å². The van der Waals surface area contributed by atoms with Crippen LogP contribution >= 0.6 is 0 Å². The summed E-state index contributed by atoms with van der Waals surface area (Å²) in [6.07, 6.45) is -5.19. The van der Waals surface area contributed by atoms with E-state index in [0.717, 1.165) is 4.57 Å². The summed E-state index contributed by atoms with van der Waals surface area (Å²) < 4.78 is 87.7. The van der Waals surface area contributed by atoms with Gasteiger partial charge in [0, 0.05) is 37.2 Å². The van der Waals surface area contributed by atoms with Crippen LogP contribution in [0.2, 0.25) is 0 Å². The molecule has 6 nitrogen and oxygen atoms in total. The Morgan fingerprint density at radius 3 is 2.39 bits per heavy atom. The largest absolute Gasteiger partial charge is 0.497 e. The monoisotopic (exact) mass is 512 g/mol. The third-order valence-corrected chi connectivity index (χ3v) is 5.98. The molecular formula is C24H22F6N4O2. The quantitative estimate of drug-likeness (QED) is 0.395. The van der Waals surface area contributed by atoms with E-state index in [1.807, 2.05) is 0 Å². The van der Waals surface area contributed by atoms with E-state index in [1.165, 1.54) is 12.0 Å².